The summed E-state index contributed by atoms with van der Waals surface area (Å²) in [5, 5.41) is 3.08. The highest BCUT2D eigenvalue weighted by atomic mass is 32.1. The minimum Gasteiger partial charge on any atom is -0.493 e. The Labute approximate surface area is 104 Å². The van der Waals surface area contributed by atoms with Gasteiger partial charge in [0, 0.05) is 30.5 Å². The maximum absolute atomic E-state index is 6.21. The van der Waals surface area contributed by atoms with E-state index in [1.165, 1.54) is 11.1 Å². The Morgan fingerprint density at radius 1 is 1.47 bits per heavy atom. The second-order valence-electron chi connectivity index (χ2n) is 4.20. The van der Waals surface area contributed by atoms with E-state index in [0.717, 1.165) is 30.2 Å². The normalized spacial score (nSPS) is 15.4. The molecule has 3 rings (SSSR count). The number of thiazole rings is 1. The van der Waals surface area contributed by atoms with Crippen molar-refractivity contribution in [1.29, 1.82) is 0 Å². The van der Waals surface area contributed by atoms with Gasteiger partial charge in [-0.3, -0.25) is 0 Å². The highest BCUT2D eigenvalue weighted by molar-refractivity contribution is 7.09. The summed E-state index contributed by atoms with van der Waals surface area (Å²) in [7, 11) is 0. The van der Waals surface area contributed by atoms with Gasteiger partial charge in [0.25, 0.3) is 0 Å². The van der Waals surface area contributed by atoms with E-state index in [1.54, 1.807) is 11.3 Å². The Balaban J connectivity index is 1.79. The van der Waals surface area contributed by atoms with Crippen molar-refractivity contribution in [2.45, 2.75) is 18.9 Å². The average molecular weight is 246 g/mol. The fourth-order valence-electron chi connectivity index (χ4n) is 2.10. The molecule has 1 aliphatic heterocycles. The van der Waals surface area contributed by atoms with Gasteiger partial charge < -0.3 is 10.5 Å². The molecule has 3 nitrogen and oxygen atoms in total. The van der Waals surface area contributed by atoms with Gasteiger partial charge in [-0.05, 0) is 17.2 Å². The summed E-state index contributed by atoms with van der Waals surface area (Å²) >= 11 is 1.66. The zero-order valence-electron chi connectivity index (χ0n) is 9.43. The van der Waals surface area contributed by atoms with E-state index in [4.69, 9.17) is 10.5 Å². The van der Waals surface area contributed by atoms with Crippen molar-refractivity contribution in [2.24, 2.45) is 5.73 Å². The Hall–Kier alpha value is -1.39. The lowest BCUT2D eigenvalue weighted by Gasteiger charge is -2.11. The number of nitrogens with zero attached hydrogens (tertiary/aromatic N) is 1. The maximum atomic E-state index is 6.21. The molecule has 1 unspecified atom stereocenters. The van der Waals surface area contributed by atoms with Gasteiger partial charge >= 0.3 is 0 Å². The predicted octanol–water partition coefficient (Wildman–Crippen LogP) is 2.32. The average Bonchev–Trinajstić information content (AvgIpc) is 2.97. The molecule has 4 heteroatoms. The molecule has 1 atom stereocenters. The Morgan fingerprint density at radius 3 is 3.24 bits per heavy atom. The lowest BCUT2D eigenvalue weighted by Crippen LogP contribution is -2.13. The minimum absolute atomic E-state index is 0.0204. The summed E-state index contributed by atoms with van der Waals surface area (Å²) in [4.78, 5) is 4.27. The quantitative estimate of drug-likeness (QED) is 0.904. The summed E-state index contributed by atoms with van der Waals surface area (Å²) in [5.74, 6) is 1.01. The third-order valence-electron chi connectivity index (χ3n) is 3.02. The summed E-state index contributed by atoms with van der Waals surface area (Å²) < 4.78 is 5.49. The number of hydrogen-bond donors (Lipinski definition) is 1. The fraction of sp³-hybridized carbons (Fsp3) is 0.308. The first-order valence-electron chi connectivity index (χ1n) is 5.72. The van der Waals surface area contributed by atoms with E-state index in [2.05, 4.69) is 17.1 Å². The SMILES string of the molecule is NC(Cc1nccs1)c1ccc2c(c1)CCO2. The van der Waals surface area contributed by atoms with Gasteiger partial charge in [-0.2, -0.15) is 0 Å². The van der Waals surface area contributed by atoms with Gasteiger partial charge in [-0.1, -0.05) is 12.1 Å². The molecule has 0 saturated carbocycles. The van der Waals surface area contributed by atoms with Crippen LogP contribution in [0.1, 0.15) is 22.2 Å². The summed E-state index contributed by atoms with van der Waals surface area (Å²) in [6, 6.07) is 6.27. The molecule has 0 aliphatic carbocycles. The molecule has 0 bridgehead atoms. The summed E-state index contributed by atoms with van der Waals surface area (Å²) in [6.45, 7) is 0.792. The van der Waals surface area contributed by atoms with Crippen molar-refractivity contribution in [1.82, 2.24) is 4.98 Å². The van der Waals surface area contributed by atoms with Crippen LogP contribution in [0.25, 0.3) is 0 Å². The predicted molar refractivity (Wildman–Crippen MR) is 68.4 cm³/mol. The number of rotatable bonds is 3. The zero-order valence-corrected chi connectivity index (χ0v) is 10.2. The van der Waals surface area contributed by atoms with Crippen molar-refractivity contribution >= 4 is 11.3 Å². The molecular weight excluding hydrogens is 232 g/mol. The van der Waals surface area contributed by atoms with E-state index >= 15 is 0 Å². The molecule has 0 amide bonds. The molecule has 0 radical (unpaired) electrons. The van der Waals surface area contributed by atoms with Crippen LogP contribution >= 0.6 is 11.3 Å². The van der Waals surface area contributed by atoms with Crippen molar-refractivity contribution in [3.05, 3.63) is 45.9 Å². The molecule has 0 spiro atoms. The van der Waals surface area contributed by atoms with E-state index in [1.807, 2.05) is 17.6 Å². The summed E-state index contributed by atoms with van der Waals surface area (Å²) in [6.07, 6.45) is 3.62. The molecule has 17 heavy (non-hydrogen) atoms. The van der Waals surface area contributed by atoms with Gasteiger partial charge in [0.15, 0.2) is 0 Å². The minimum atomic E-state index is 0.0204. The van der Waals surface area contributed by atoms with Crippen LogP contribution in [-0.2, 0) is 12.8 Å². The van der Waals surface area contributed by atoms with Crippen molar-refractivity contribution in [3.8, 4) is 5.75 Å². The highest BCUT2D eigenvalue weighted by Crippen LogP contribution is 2.28. The molecule has 1 aromatic heterocycles. The topological polar surface area (TPSA) is 48.1 Å². The fourth-order valence-corrected chi connectivity index (χ4v) is 2.77. The largest absolute Gasteiger partial charge is 0.493 e. The number of fused-ring (bicyclic) bond motifs is 1. The number of ether oxygens (including phenoxy) is 1. The van der Waals surface area contributed by atoms with E-state index in [-0.39, 0.29) is 6.04 Å². The van der Waals surface area contributed by atoms with E-state index in [0.29, 0.717) is 0 Å². The van der Waals surface area contributed by atoms with Gasteiger partial charge in [-0.25, -0.2) is 4.98 Å². The standard InChI is InChI=1S/C13H14N2OS/c14-11(8-13-15-4-6-17-13)9-1-2-12-10(7-9)3-5-16-12/h1-2,4,6-7,11H,3,5,8,14H2. The molecule has 1 aliphatic rings. The van der Waals surface area contributed by atoms with Gasteiger partial charge in [0.05, 0.1) is 11.6 Å². The van der Waals surface area contributed by atoms with Crippen LogP contribution < -0.4 is 10.5 Å². The van der Waals surface area contributed by atoms with Gasteiger partial charge in [0.1, 0.15) is 5.75 Å². The van der Waals surface area contributed by atoms with Gasteiger partial charge in [0.2, 0.25) is 0 Å². The molecular formula is C13H14N2OS. The molecule has 0 saturated heterocycles. The van der Waals surface area contributed by atoms with Crippen LogP contribution in [0.3, 0.4) is 0 Å². The zero-order chi connectivity index (χ0) is 11.7. The highest BCUT2D eigenvalue weighted by Gasteiger charge is 2.15. The number of benzene rings is 1. The lowest BCUT2D eigenvalue weighted by atomic mass is 10.0. The second kappa shape index (κ2) is 4.47. The molecule has 2 heterocycles. The second-order valence-corrected chi connectivity index (χ2v) is 5.18. The monoisotopic (exact) mass is 246 g/mol. The third kappa shape index (κ3) is 2.18. The number of aromatic nitrogens is 1. The van der Waals surface area contributed by atoms with Crippen LogP contribution in [0, 0.1) is 0 Å². The first kappa shape index (κ1) is 10.7. The van der Waals surface area contributed by atoms with Gasteiger partial charge in [-0.15, -0.1) is 11.3 Å². The van der Waals surface area contributed by atoms with E-state index in [9.17, 15) is 0 Å². The van der Waals surface area contributed by atoms with Crippen molar-refractivity contribution in [2.75, 3.05) is 6.61 Å². The third-order valence-corrected chi connectivity index (χ3v) is 3.82. The Morgan fingerprint density at radius 2 is 2.41 bits per heavy atom. The first-order valence-corrected chi connectivity index (χ1v) is 6.60. The van der Waals surface area contributed by atoms with E-state index < -0.39 is 0 Å². The lowest BCUT2D eigenvalue weighted by molar-refractivity contribution is 0.357. The maximum Gasteiger partial charge on any atom is 0.122 e. The molecule has 2 aromatic rings. The van der Waals surface area contributed by atoms with Crippen molar-refractivity contribution < 1.29 is 4.74 Å². The smallest absolute Gasteiger partial charge is 0.122 e. The molecule has 2 N–H and O–H groups in total. The van der Waals surface area contributed by atoms with Crippen LogP contribution in [0.5, 0.6) is 5.75 Å². The van der Waals surface area contributed by atoms with Crippen LogP contribution in [0.4, 0.5) is 0 Å². The number of nitrogens with two attached hydrogens (primary N) is 1. The van der Waals surface area contributed by atoms with Crippen LogP contribution in [-0.4, -0.2) is 11.6 Å². The van der Waals surface area contributed by atoms with Crippen LogP contribution in [0.2, 0.25) is 0 Å². The summed E-state index contributed by atoms with van der Waals surface area (Å²) in [5.41, 5.74) is 8.65. The molecule has 0 fully saturated rings. The van der Waals surface area contributed by atoms with Crippen LogP contribution in [0.15, 0.2) is 29.8 Å². The van der Waals surface area contributed by atoms with Crippen molar-refractivity contribution in [3.63, 3.8) is 0 Å². The first-order chi connectivity index (χ1) is 8.33. The Bertz CT molecular complexity index is 510. The molecule has 1 aromatic carbocycles. The molecule has 88 valence electrons. The number of hydrogen-bond acceptors (Lipinski definition) is 4. The Kier molecular flexibility index (Phi) is 2.82.